The minimum atomic E-state index is -0.161. The SMILES string of the molecule is COc1ccc(NC(=O)C[NH+](C)CC(=O)NCc2ccc3c(c2)OCO3)cc1. The Labute approximate surface area is 163 Å². The van der Waals surface area contributed by atoms with Crippen molar-refractivity contribution in [3.8, 4) is 17.2 Å². The molecule has 1 atom stereocenters. The smallest absolute Gasteiger partial charge is 0.279 e. The van der Waals surface area contributed by atoms with Gasteiger partial charge in [0.25, 0.3) is 11.8 Å². The number of likely N-dealkylation sites (N-methyl/N-ethyl adjacent to an activating group) is 1. The maximum absolute atomic E-state index is 12.1. The summed E-state index contributed by atoms with van der Waals surface area (Å²) < 4.78 is 15.7. The van der Waals surface area contributed by atoms with E-state index in [2.05, 4.69) is 10.6 Å². The van der Waals surface area contributed by atoms with Crippen molar-refractivity contribution in [2.45, 2.75) is 6.54 Å². The molecule has 0 spiro atoms. The number of hydrogen-bond acceptors (Lipinski definition) is 5. The van der Waals surface area contributed by atoms with E-state index in [0.29, 0.717) is 23.7 Å². The summed E-state index contributed by atoms with van der Waals surface area (Å²) in [6.45, 7) is 0.989. The van der Waals surface area contributed by atoms with Gasteiger partial charge < -0.3 is 29.7 Å². The average molecular weight is 386 g/mol. The van der Waals surface area contributed by atoms with Crippen LogP contribution in [0.4, 0.5) is 5.69 Å². The third-order valence-electron chi connectivity index (χ3n) is 4.23. The van der Waals surface area contributed by atoms with E-state index < -0.39 is 0 Å². The monoisotopic (exact) mass is 386 g/mol. The summed E-state index contributed by atoms with van der Waals surface area (Å²) in [5.41, 5.74) is 1.61. The Morgan fingerprint density at radius 1 is 1.04 bits per heavy atom. The first-order chi connectivity index (χ1) is 13.5. The van der Waals surface area contributed by atoms with Gasteiger partial charge in [0.05, 0.1) is 14.2 Å². The number of nitrogens with one attached hydrogen (secondary N) is 3. The molecule has 0 saturated heterocycles. The number of amides is 2. The van der Waals surface area contributed by atoms with Gasteiger partial charge >= 0.3 is 0 Å². The van der Waals surface area contributed by atoms with Crippen LogP contribution in [0, 0.1) is 0 Å². The first-order valence-corrected chi connectivity index (χ1v) is 8.94. The van der Waals surface area contributed by atoms with Crippen molar-refractivity contribution in [3.63, 3.8) is 0 Å². The van der Waals surface area contributed by atoms with Crippen LogP contribution in [0.25, 0.3) is 0 Å². The molecule has 3 N–H and O–H groups in total. The van der Waals surface area contributed by atoms with E-state index in [1.165, 1.54) is 0 Å². The van der Waals surface area contributed by atoms with Gasteiger partial charge in [-0.25, -0.2) is 0 Å². The minimum Gasteiger partial charge on any atom is -0.497 e. The molecule has 0 saturated carbocycles. The first-order valence-electron chi connectivity index (χ1n) is 8.94. The molecule has 0 radical (unpaired) electrons. The first kappa shape index (κ1) is 19.5. The fraction of sp³-hybridized carbons (Fsp3) is 0.300. The second kappa shape index (κ2) is 9.09. The van der Waals surface area contributed by atoms with E-state index in [-0.39, 0.29) is 31.7 Å². The Kier molecular flexibility index (Phi) is 6.33. The fourth-order valence-corrected chi connectivity index (χ4v) is 2.80. The molecule has 2 amide bonds. The van der Waals surface area contributed by atoms with E-state index in [0.717, 1.165) is 16.2 Å². The number of quaternary nitrogens is 1. The van der Waals surface area contributed by atoms with Crippen LogP contribution in [0.3, 0.4) is 0 Å². The number of anilines is 1. The van der Waals surface area contributed by atoms with Crippen molar-refractivity contribution in [2.75, 3.05) is 39.4 Å². The van der Waals surface area contributed by atoms with Crippen LogP contribution in [-0.2, 0) is 16.1 Å². The van der Waals surface area contributed by atoms with E-state index in [4.69, 9.17) is 14.2 Å². The lowest BCUT2D eigenvalue weighted by Gasteiger charge is -2.14. The number of benzene rings is 2. The molecule has 8 heteroatoms. The van der Waals surface area contributed by atoms with Crippen molar-refractivity contribution >= 4 is 17.5 Å². The van der Waals surface area contributed by atoms with Crippen LogP contribution in [0.5, 0.6) is 17.2 Å². The number of fused-ring (bicyclic) bond motifs is 1. The second-order valence-electron chi connectivity index (χ2n) is 6.55. The van der Waals surface area contributed by atoms with Gasteiger partial charge in [-0.3, -0.25) is 9.59 Å². The molecule has 148 valence electrons. The maximum Gasteiger partial charge on any atom is 0.279 e. The van der Waals surface area contributed by atoms with Crippen LogP contribution in [0.15, 0.2) is 42.5 Å². The highest BCUT2D eigenvalue weighted by atomic mass is 16.7. The second-order valence-corrected chi connectivity index (χ2v) is 6.55. The van der Waals surface area contributed by atoms with Crippen LogP contribution < -0.4 is 29.7 Å². The zero-order valence-electron chi connectivity index (χ0n) is 15.9. The normalized spacial score (nSPS) is 12.9. The predicted molar refractivity (Wildman–Crippen MR) is 103 cm³/mol. The zero-order valence-corrected chi connectivity index (χ0v) is 15.9. The van der Waals surface area contributed by atoms with E-state index in [1.807, 2.05) is 18.2 Å². The standard InChI is InChI=1S/C20H23N3O5/c1-23(12-20(25)22-15-4-6-16(26-2)7-5-15)11-19(24)21-10-14-3-8-17-18(9-14)28-13-27-17/h3-9H,10-13H2,1-2H3,(H,21,24)(H,22,25)/p+1. The van der Waals surface area contributed by atoms with Crippen molar-refractivity contribution in [3.05, 3.63) is 48.0 Å². The number of carbonyl (C=O) groups excluding carboxylic acids is 2. The number of hydrogen-bond donors (Lipinski definition) is 3. The van der Waals surface area contributed by atoms with Crippen molar-refractivity contribution in [1.29, 1.82) is 0 Å². The zero-order chi connectivity index (χ0) is 19.9. The molecule has 1 heterocycles. The van der Waals surface area contributed by atoms with Gasteiger partial charge in [-0.1, -0.05) is 6.07 Å². The highest BCUT2D eigenvalue weighted by molar-refractivity contribution is 5.91. The topological polar surface area (TPSA) is 90.3 Å². The van der Waals surface area contributed by atoms with Crippen LogP contribution in [0.1, 0.15) is 5.56 Å². The number of ether oxygens (including phenoxy) is 3. The summed E-state index contributed by atoms with van der Waals surface area (Å²) >= 11 is 0. The molecule has 2 aromatic carbocycles. The third-order valence-corrected chi connectivity index (χ3v) is 4.23. The Hall–Kier alpha value is -3.26. The Bertz CT molecular complexity index is 838. The van der Waals surface area contributed by atoms with Gasteiger partial charge in [-0.15, -0.1) is 0 Å². The molecule has 0 aromatic heterocycles. The molecule has 1 aliphatic heterocycles. The maximum atomic E-state index is 12.1. The van der Waals surface area contributed by atoms with Gasteiger partial charge in [0.1, 0.15) is 5.75 Å². The molecular formula is C20H24N3O5+. The quantitative estimate of drug-likeness (QED) is 0.603. The highest BCUT2D eigenvalue weighted by Gasteiger charge is 2.16. The molecule has 3 rings (SSSR count). The summed E-state index contributed by atoms with van der Waals surface area (Å²) in [5.74, 6) is 1.82. The number of rotatable bonds is 8. The van der Waals surface area contributed by atoms with Gasteiger partial charge in [0.15, 0.2) is 24.6 Å². The minimum absolute atomic E-state index is 0.132. The lowest BCUT2D eigenvalue weighted by Crippen LogP contribution is -3.11. The van der Waals surface area contributed by atoms with Gasteiger partial charge in [-0.05, 0) is 42.0 Å². The molecular weight excluding hydrogens is 362 g/mol. The molecule has 2 aromatic rings. The molecule has 8 nitrogen and oxygen atoms in total. The van der Waals surface area contributed by atoms with Crippen LogP contribution in [-0.4, -0.2) is 45.9 Å². The predicted octanol–water partition coefficient (Wildman–Crippen LogP) is 0.194. The van der Waals surface area contributed by atoms with Gasteiger partial charge in [-0.2, -0.15) is 0 Å². The summed E-state index contributed by atoms with van der Waals surface area (Å²) in [7, 11) is 3.39. The number of methoxy groups -OCH3 is 1. The Morgan fingerprint density at radius 2 is 1.75 bits per heavy atom. The van der Waals surface area contributed by atoms with Crippen LogP contribution in [0.2, 0.25) is 0 Å². The highest BCUT2D eigenvalue weighted by Crippen LogP contribution is 2.32. The summed E-state index contributed by atoms with van der Waals surface area (Å²) in [4.78, 5) is 25.0. The fourth-order valence-electron chi connectivity index (χ4n) is 2.80. The molecule has 0 fully saturated rings. The summed E-state index contributed by atoms with van der Waals surface area (Å²) in [6.07, 6.45) is 0. The molecule has 0 aliphatic carbocycles. The molecule has 1 unspecified atom stereocenters. The Balaban J connectivity index is 1.40. The van der Waals surface area contributed by atoms with E-state index in [9.17, 15) is 9.59 Å². The molecule has 28 heavy (non-hydrogen) atoms. The van der Waals surface area contributed by atoms with E-state index in [1.54, 1.807) is 38.4 Å². The van der Waals surface area contributed by atoms with Crippen LogP contribution >= 0.6 is 0 Å². The van der Waals surface area contributed by atoms with Crippen molar-refractivity contribution in [2.24, 2.45) is 0 Å². The van der Waals surface area contributed by atoms with Gasteiger partial charge in [0, 0.05) is 12.2 Å². The Morgan fingerprint density at radius 3 is 2.50 bits per heavy atom. The molecule has 1 aliphatic rings. The molecule has 0 bridgehead atoms. The lowest BCUT2D eigenvalue weighted by atomic mass is 10.2. The summed E-state index contributed by atoms with van der Waals surface area (Å²) in [5, 5.41) is 5.66. The van der Waals surface area contributed by atoms with Gasteiger partial charge in [0.2, 0.25) is 6.79 Å². The van der Waals surface area contributed by atoms with Crippen molar-refractivity contribution < 1.29 is 28.7 Å². The number of carbonyl (C=O) groups is 2. The summed E-state index contributed by atoms with van der Waals surface area (Å²) in [6, 6.07) is 12.6. The third kappa shape index (κ3) is 5.37. The van der Waals surface area contributed by atoms with E-state index >= 15 is 0 Å². The van der Waals surface area contributed by atoms with Crippen molar-refractivity contribution in [1.82, 2.24) is 5.32 Å². The largest absolute Gasteiger partial charge is 0.497 e. The lowest BCUT2D eigenvalue weighted by molar-refractivity contribution is -0.862. The average Bonchev–Trinajstić information content (AvgIpc) is 3.14.